The summed E-state index contributed by atoms with van der Waals surface area (Å²) in [6.45, 7) is 3.84. The van der Waals surface area contributed by atoms with Gasteiger partial charge in [0, 0.05) is 6.04 Å². The first kappa shape index (κ1) is 19.4. The fraction of sp³-hybridized carbons (Fsp3) is 0.278. The van der Waals surface area contributed by atoms with Crippen LogP contribution in [-0.4, -0.2) is 21.5 Å². The van der Waals surface area contributed by atoms with Gasteiger partial charge in [-0.15, -0.1) is 0 Å². The molecule has 0 aliphatic rings. The molecule has 5 nitrogen and oxygen atoms in total. The van der Waals surface area contributed by atoms with Gasteiger partial charge in [0.15, 0.2) is 0 Å². The van der Waals surface area contributed by atoms with Crippen LogP contribution < -0.4 is 4.72 Å². The van der Waals surface area contributed by atoms with Crippen LogP contribution in [0.1, 0.15) is 40.9 Å². The minimum absolute atomic E-state index is 0.0102. The summed E-state index contributed by atoms with van der Waals surface area (Å²) in [6, 6.07) is 11.2. The number of hydrogen-bond acceptors (Lipinski definition) is 4. The summed E-state index contributed by atoms with van der Waals surface area (Å²) >= 11 is 5.95. The molecular formula is C18H20ClNO4S. The molecule has 0 aliphatic heterocycles. The second-order valence-electron chi connectivity index (χ2n) is 5.57. The molecule has 0 saturated heterocycles. The Bertz CT molecular complexity index is 880. The largest absolute Gasteiger partial charge is 0.465 e. The van der Waals surface area contributed by atoms with Crippen LogP contribution in [0, 0.1) is 6.92 Å². The first-order chi connectivity index (χ1) is 11.8. The second-order valence-corrected chi connectivity index (χ2v) is 7.69. The highest BCUT2D eigenvalue weighted by Crippen LogP contribution is 2.25. The van der Waals surface area contributed by atoms with E-state index in [2.05, 4.69) is 9.46 Å². The molecule has 2 aromatic carbocycles. The summed E-state index contributed by atoms with van der Waals surface area (Å²) in [5.41, 5.74) is 1.93. The van der Waals surface area contributed by atoms with Crippen LogP contribution in [0.15, 0.2) is 47.4 Å². The lowest BCUT2D eigenvalue weighted by Gasteiger charge is -2.19. The Kier molecular flexibility index (Phi) is 6.21. The molecule has 25 heavy (non-hydrogen) atoms. The van der Waals surface area contributed by atoms with Crippen LogP contribution in [0.3, 0.4) is 0 Å². The van der Waals surface area contributed by atoms with Gasteiger partial charge in [0.25, 0.3) is 0 Å². The molecule has 0 spiro atoms. The molecule has 0 radical (unpaired) electrons. The molecule has 0 fully saturated rings. The number of esters is 1. The smallest absolute Gasteiger partial charge is 0.339 e. The van der Waals surface area contributed by atoms with Crippen molar-refractivity contribution >= 4 is 27.6 Å². The van der Waals surface area contributed by atoms with Crippen molar-refractivity contribution in [3.63, 3.8) is 0 Å². The molecule has 0 saturated carbocycles. The van der Waals surface area contributed by atoms with E-state index in [4.69, 9.17) is 11.6 Å². The number of carbonyl (C=O) groups excluding carboxylic acids is 1. The molecule has 0 unspecified atom stereocenters. The van der Waals surface area contributed by atoms with E-state index in [1.54, 1.807) is 0 Å². The highest BCUT2D eigenvalue weighted by atomic mass is 35.5. The fourth-order valence-electron chi connectivity index (χ4n) is 2.54. The summed E-state index contributed by atoms with van der Waals surface area (Å²) in [5.74, 6) is -0.687. The van der Waals surface area contributed by atoms with Crippen LogP contribution in [0.5, 0.6) is 0 Å². The predicted molar refractivity (Wildman–Crippen MR) is 97.3 cm³/mol. The monoisotopic (exact) mass is 381 g/mol. The minimum atomic E-state index is -3.83. The van der Waals surface area contributed by atoms with E-state index in [0.717, 1.165) is 11.1 Å². The molecule has 1 N–H and O–H groups in total. The van der Waals surface area contributed by atoms with Gasteiger partial charge in [0.05, 0.1) is 22.6 Å². The van der Waals surface area contributed by atoms with Crippen LogP contribution >= 0.6 is 11.6 Å². The topological polar surface area (TPSA) is 72.5 Å². The van der Waals surface area contributed by atoms with Gasteiger partial charge < -0.3 is 4.74 Å². The van der Waals surface area contributed by atoms with E-state index in [9.17, 15) is 13.2 Å². The number of sulfonamides is 1. The third-order valence-electron chi connectivity index (χ3n) is 3.92. The third-order valence-corrected chi connectivity index (χ3v) is 5.72. The molecule has 0 bridgehead atoms. The summed E-state index contributed by atoms with van der Waals surface area (Å²) in [6.07, 6.45) is 0.585. The summed E-state index contributed by atoms with van der Waals surface area (Å²) in [5, 5.41) is 0.136. The van der Waals surface area contributed by atoms with Crippen LogP contribution in [0.25, 0.3) is 0 Å². The molecule has 7 heteroatoms. The molecule has 0 amide bonds. The van der Waals surface area contributed by atoms with Gasteiger partial charge in [-0.1, -0.05) is 42.8 Å². The van der Waals surface area contributed by atoms with Crippen molar-refractivity contribution in [2.45, 2.75) is 31.2 Å². The molecular weight excluding hydrogens is 362 g/mol. The Morgan fingerprint density at radius 1 is 1.24 bits per heavy atom. The van der Waals surface area contributed by atoms with Crippen molar-refractivity contribution in [3.8, 4) is 0 Å². The van der Waals surface area contributed by atoms with E-state index >= 15 is 0 Å². The Balaban J connectivity index is 2.38. The maximum Gasteiger partial charge on any atom is 0.339 e. The Morgan fingerprint density at radius 2 is 1.92 bits per heavy atom. The highest BCUT2D eigenvalue weighted by Gasteiger charge is 2.23. The van der Waals surface area contributed by atoms with Crippen LogP contribution in [0.4, 0.5) is 0 Å². The van der Waals surface area contributed by atoms with Crippen molar-refractivity contribution in [3.05, 3.63) is 64.2 Å². The molecule has 2 rings (SSSR count). The van der Waals surface area contributed by atoms with E-state index in [1.165, 1.54) is 25.3 Å². The molecule has 1 atom stereocenters. The SMILES string of the molecule is CC[C@H](NS(=O)(=O)c1ccc(Cl)c(C(=O)OC)c1)c1ccccc1C. The Morgan fingerprint density at radius 3 is 2.52 bits per heavy atom. The number of hydrogen-bond donors (Lipinski definition) is 1. The van der Waals surface area contributed by atoms with Gasteiger partial charge in [0.2, 0.25) is 10.0 Å². The number of benzene rings is 2. The lowest BCUT2D eigenvalue weighted by molar-refractivity contribution is 0.0600. The Hall–Kier alpha value is -1.89. The molecule has 2 aromatic rings. The molecule has 0 heterocycles. The average molecular weight is 382 g/mol. The predicted octanol–water partition coefficient (Wildman–Crippen LogP) is 3.86. The number of aryl methyl sites for hydroxylation is 1. The van der Waals surface area contributed by atoms with Gasteiger partial charge >= 0.3 is 5.97 Å². The summed E-state index contributed by atoms with van der Waals surface area (Å²) < 4.78 is 32.8. The van der Waals surface area contributed by atoms with Gasteiger partial charge in [0.1, 0.15) is 0 Å². The first-order valence-electron chi connectivity index (χ1n) is 7.76. The summed E-state index contributed by atoms with van der Waals surface area (Å²) in [7, 11) is -2.62. The lowest BCUT2D eigenvalue weighted by atomic mass is 10.0. The average Bonchev–Trinajstić information content (AvgIpc) is 2.60. The number of carbonyl (C=O) groups is 1. The van der Waals surface area contributed by atoms with Crippen LogP contribution in [0.2, 0.25) is 5.02 Å². The number of ether oxygens (including phenoxy) is 1. The minimum Gasteiger partial charge on any atom is -0.465 e. The maximum atomic E-state index is 12.8. The van der Waals surface area contributed by atoms with E-state index in [0.29, 0.717) is 6.42 Å². The first-order valence-corrected chi connectivity index (χ1v) is 9.62. The van der Waals surface area contributed by atoms with E-state index in [-0.39, 0.29) is 21.5 Å². The zero-order valence-electron chi connectivity index (χ0n) is 14.2. The quantitative estimate of drug-likeness (QED) is 0.771. The van der Waals surface area contributed by atoms with Crippen molar-refractivity contribution in [1.29, 1.82) is 0 Å². The van der Waals surface area contributed by atoms with Gasteiger partial charge in [-0.2, -0.15) is 0 Å². The normalized spacial score (nSPS) is 12.6. The van der Waals surface area contributed by atoms with Gasteiger partial charge in [-0.25, -0.2) is 17.9 Å². The number of nitrogens with one attached hydrogen (secondary N) is 1. The van der Waals surface area contributed by atoms with E-state index in [1.807, 2.05) is 38.1 Å². The lowest BCUT2D eigenvalue weighted by Crippen LogP contribution is -2.29. The molecule has 0 aromatic heterocycles. The van der Waals surface area contributed by atoms with Crippen molar-refractivity contribution in [2.24, 2.45) is 0 Å². The molecule has 134 valence electrons. The van der Waals surface area contributed by atoms with Gasteiger partial charge in [-0.05, 0) is 42.7 Å². The van der Waals surface area contributed by atoms with E-state index < -0.39 is 16.0 Å². The van der Waals surface area contributed by atoms with Crippen molar-refractivity contribution in [1.82, 2.24) is 4.72 Å². The third kappa shape index (κ3) is 4.39. The standard InChI is InChI=1S/C18H20ClNO4S/c1-4-17(14-8-6-5-7-12(14)2)20-25(22,23)13-9-10-16(19)15(11-13)18(21)24-3/h5-11,17,20H,4H2,1-3H3/t17-/m0/s1. The van der Waals surface area contributed by atoms with Crippen molar-refractivity contribution in [2.75, 3.05) is 7.11 Å². The highest BCUT2D eigenvalue weighted by molar-refractivity contribution is 7.89. The zero-order chi connectivity index (χ0) is 18.6. The van der Waals surface area contributed by atoms with Crippen LogP contribution in [-0.2, 0) is 14.8 Å². The maximum absolute atomic E-state index is 12.8. The Labute approximate surface area is 153 Å². The second kappa shape index (κ2) is 7.99. The zero-order valence-corrected chi connectivity index (χ0v) is 15.8. The van der Waals surface area contributed by atoms with Gasteiger partial charge in [-0.3, -0.25) is 0 Å². The number of methoxy groups -OCH3 is 1. The summed E-state index contributed by atoms with van der Waals surface area (Å²) in [4.78, 5) is 11.7. The fourth-order valence-corrected chi connectivity index (χ4v) is 4.06. The number of halogens is 1. The van der Waals surface area contributed by atoms with Crippen molar-refractivity contribution < 1.29 is 17.9 Å². The molecule has 0 aliphatic carbocycles. The number of rotatable bonds is 6.